The quantitative estimate of drug-likeness (QED) is 0.861. The van der Waals surface area contributed by atoms with Gasteiger partial charge in [-0.15, -0.1) is 11.3 Å². The van der Waals surface area contributed by atoms with Crippen molar-refractivity contribution in [2.75, 3.05) is 6.54 Å². The third-order valence-electron chi connectivity index (χ3n) is 3.25. The summed E-state index contributed by atoms with van der Waals surface area (Å²) in [6, 6.07) is 4.47. The number of hydrogen-bond acceptors (Lipinski definition) is 2. The molecule has 0 spiro atoms. The Bertz CT molecular complexity index is 546. The van der Waals surface area contributed by atoms with Gasteiger partial charge in [0.2, 0.25) is 0 Å². The van der Waals surface area contributed by atoms with E-state index in [-0.39, 0.29) is 5.54 Å². The first-order chi connectivity index (χ1) is 8.38. The fourth-order valence-corrected chi connectivity index (χ4v) is 3.44. The normalized spacial score (nSPS) is 12.3. The van der Waals surface area contributed by atoms with E-state index >= 15 is 0 Å². The van der Waals surface area contributed by atoms with Gasteiger partial charge in [-0.3, -0.25) is 0 Å². The van der Waals surface area contributed by atoms with Crippen molar-refractivity contribution in [2.24, 2.45) is 0 Å². The minimum absolute atomic E-state index is 0.205. The molecule has 1 nitrogen and oxygen atoms in total. The first kappa shape index (κ1) is 13.6. The molecule has 0 aliphatic heterocycles. The maximum Gasteiger partial charge on any atom is 0.0377 e. The lowest BCUT2D eigenvalue weighted by atomic mass is 10.0. The summed E-state index contributed by atoms with van der Waals surface area (Å²) in [6.45, 7) is 12.1. The van der Waals surface area contributed by atoms with Gasteiger partial charge in [-0.05, 0) is 75.0 Å². The summed E-state index contributed by atoms with van der Waals surface area (Å²) in [6.07, 6.45) is 1.11. The van der Waals surface area contributed by atoms with Crippen LogP contribution in [-0.4, -0.2) is 12.1 Å². The lowest BCUT2D eigenvalue weighted by molar-refractivity contribution is 0.430. The highest BCUT2D eigenvalue weighted by Gasteiger charge is 2.11. The van der Waals surface area contributed by atoms with E-state index in [9.17, 15) is 0 Å². The Morgan fingerprint density at radius 3 is 2.44 bits per heavy atom. The zero-order chi connectivity index (χ0) is 13.3. The summed E-state index contributed by atoms with van der Waals surface area (Å²) >= 11 is 1.88. The van der Waals surface area contributed by atoms with Gasteiger partial charge >= 0.3 is 0 Å². The number of aryl methyl sites for hydroxylation is 2. The topological polar surface area (TPSA) is 12.0 Å². The Kier molecular flexibility index (Phi) is 3.79. The van der Waals surface area contributed by atoms with Gasteiger partial charge < -0.3 is 5.32 Å². The van der Waals surface area contributed by atoms with Crippen molar-refractivity contribution >= 4 is 21.4 Å². The zero-order valence-corrected chi connectivity index (χ0v) is 12.9. The molecule has 1 heterocycles. The van der Waals surface area contributed by atoms with Crippen LogP contribution in [0.25, 0.3) is 10.1 Å². The van der Waals surface area contributed by atoms with Crippen LogP contribution in [0.3, 0.4) is 0 Å². The molecule has 2 rings (SSSR count). The van der Waals surface area contributed by atoms with E-state index < -0.39 is 0 Å². The van der Waals surface area contributed by atoms with E-state index in [0.717, 1.165) is 13.0 Å². The molecule has 0 amide bonds. The molecule has 2 heteroatoms. The second-order valence-corrected chi connectivity index (χ2v) is 6.97. The first-order valence-electron chi connectivity index (χ1n) is 6.60. The summed E-state index contributed by atoms with van der Waals surface area (Å²) < 4.78 is 1.46. The van der Waals surface area contributed by atoms with Crippen LogP contribution in [0.1, 0.15) is 37.5 Å². The highest BCUT2D eigenvalue weighted by Crippen LogP contribution is 2.31. The molecule has 0 bridgehead atoms. The van der Waals surface area contributed by atoms with Crippen molar-refractivity contribution in [3.63, 3.8) is 0 Å². The maximum atomic E-state index is 3.56. The Hall–Kier alpha value is -0.860. The Morgan fingerprint density at radius 1 is 1.11 bits per heavy atom. The Labute approximate surface area is 114 Å². The van der Waals surface area contributed by atoms with Gasteiger partial charge in [0.15, 0.2) is 0 Å². The van der Waals surface area contributed by atoms with Gasteiger partial charge in [0, 0.05) is 10.2 Å². The first-order valence-corrected chi connectivity index (χ1v) is 7.48. The van der Waals surface area contributed by atoms with Crippen LogP contribution >= 0.6 is 11.3 Å². The summed E-state index contributed by atoms with van der Waals surface area (Å²) in [5.41, 5.74) is 4.50. The highest BCUT2D eigenvalue weighted by molar-refractivity contribution is 7.17. The third-order valence-corrected chi connectivity index (χ3v) is 4.42. The highest BCUT2D eigenvalue weighted by atomic mass is 32.1. The molecule has 98 valence electrons. The number of thiophene rings is 1. The fraction of sp³-hybridized carbons (Fsp3) is 0.500. The van der Waals surface area contributed by atoms with Crippen LogP contribution < -0.4 is 5.32 Å². The second-order valence-electron chi connectivity index (χ2n) is 6.09. The summed E-state index contributed by atoms with van der Waals surface area (Å²) in [7, 11) is 0. The van der Waals surface area contributed by atoms with Crippen LogP contribution in [0.15, 0.2) is 17.5 Å². The SMILES string of the molecule is Cc1ccc(C)c2c(CCNC(C)(C)C)csc12. The summed E-state index contributed by atoms with van der Waals surface area (Å²) in [5, 5.41) is 7.37. The van der Waals surface area contributed by atoms with Crippen molar-refractivity contribution in [3.05, 3.63) is 34.2 Å². The third kappa shape index (κ3) is 2.93. The Morgan fingerprint density at radius 2 is 1.78 bits per heavy atom. The van der Waals surface area contributed by atoms with Crippen molar-refractivity contribution in [1.82, 2.24) is 5.32 Å². The van der Waals surface area contributed by atoms with E-state index in [2.05, 4.69) is 57.4 Å². The van der Waals surface area contributed by atoms with Gasteiger partial charge in [0.05, 0.1) is 0 Å². The van der Waals surface area contributed by atoms with Crippen LogP contribution in [0, 0.1) is 13.8 Å². The van der Waals surface area contributed by atoms with Gasteiger partial charge in [0.1, 0.15) is 0 Å². The van der Waals surface area contributed by atoms with Gasteiger partial charge in [-0.25, -0.2) is 0 Å². The van der Waals surface area contributed by atoms with E-state index in [1.807, 2.05) is 11.3 Å². The molecule has 0 atom stereocenters. The number of fused-ring (bicyclic) bond motifs is 1. The van der Waals surface area contributed by atoms with E-state index in [1.165, 1.54) is 26.8 Å². The largest absolute Gasteiger partial charge is 0.312 e. The molecular formula is C16H23NS. The van der Waals surface area contributed by atoms with Gasteiger partial charge in [-0.1, -0.05) is 12.1 Å². The summed E-state index contributed by atoms with van der Waals surface area (Å²) in [4.78, 5) is 0. The van der Waals surface area contributed by atoms with E-state index in [1.54, 1.807) is 0 Å². The molecule has 0 unspecified atom stereocenters. The smallest absolute Gasteiger partial charge is 0.0377 e. The lowest BCUT2D eigenvalue weighted by Gasteiger charge is -2.20. The number of rotatable bonds is 3. The minimum atomic E-state index is 0.205. The van der Waals surface area contributed by atoms with Crippen LogP contribution in [0.5, 0.6) is 0 Å². The molecule has 0 fully saturated rings. The average Bonchev–Trinajstić information content (AvgIpc) is 2.67. The predicted octanol–water partition coefficient (Wildman–Crippen LogP) is 4.45. The molecule has 2 aromatic rings. The van der Waals surface area contributed by atoms with Gasteiger partial charge in [0.25, 0.3) is 0 Å². The molecule has 0 radical (unpaired) electrons. The second kappa shape index (κ2) is 5.02. The summed E-state index contributed by atoms with van der Waals surface area (Å²) in [5.74, 6) is 0. The fourth-order valence-electron chi connectivity index (χ4n) is 2.28. The number of hydrogen-bond donors (Lipinski definition) is 1. The van der Waals surface area contributed by atoms with Crippen molar-refractivity contribution in [1.29, 1.82) is 0 Å². The number of nitrogens with one attached hydrogen (secondary N) is 1. The van der Waals surface area contributed by atoms with Gasteiger partial charge in [-0.2, -0.15) is 0 Å². The zero-order valence-electron chi connectivity index (χ0n) is 12.1. The predicted molar refractivity (Wildman–Crippen MR) is 82.8 cm³/mol. The van der Waals surface area contributed by atoms with Crippen molar-refractivity contribution < 1.29 is 0 Å². The van der Waals surface area contributed by atoms with E-state index in [4.69, 9.17) is 0 Å². The molecule has 0 aliphatic rings. The molecule has 1 aromatic carbocycles. The minimum Gasteiger partial charge on any atom is -0.312 e. The van der Waals surface area contributed by atoms with Crippen LogP contribution in [0.4, 0.5) is 0 Å². The average molecular weight is 261 g/mol. The molecule has 0 saturated heterocycles. The van der Waals surface area contributed by atoms with Crippen LogP contribution in [-0.2, 0) is 6.42 Å². The molecule has 1 N–H and O–H groups in total. The van der Waals surface area contributed by atoms with Crippen molar-refractivity contribution in [2.45, 2.75) is 46.6 Å². The molecule has 18 heavy (non-hydrogen) atoms. The monoisotopic (exact) mass is 261 g/mol. The number of benzene rings is 1. The molecule has 1 aromatic heterocycles. The standard InChI is InChI=1S/C16H23NS/c1-11-6-7-12(2)15-14(11)13(10-18-15)8-9-17-16(3,4)5/h6-7,10,17H,8-9H2,1-5H3. The van der Waals surface area contributed by atoms with Crippen LogP contribution in [0.2, 0.25) is 0 Å². The lowest BCUT2D eigenvalue weighted by Crippen LogP contribution is -2.37. The molecule has 0 saturated carbocycles. The molecular weight excluding hydrogens is 238 g/mol. The maximum absolute atomic E-state index is 3.56. The van der Waals surface area contributed by atoms with E-state index in [0.29, 0.717) is 0 Å². The van der Waals surface area contributed by atoms with Crippen molar-refractivity contribution in [3.8, 4) is 0 Å². The molecule has 0 aliphatic carbocycles. The Balaban J connectivity index is 2.22.